The Morgan fingerprint density at radius 3 is 2.15 bits per heavy atom. The van der Waals surface area contributed by atoms with Crippen LogP contribution in [0.1, 0.15) is 73.4 Å². The highest BCUT2D eigenvalue weighted by Crippen LogP contribution is 2.32. The first-order valence-corrected chi connectivity index (χ1v) is 13.4. The van der Waals surface area contributed by atoms with Crippen LogP contribution in [0, 0.1) is 0 Å². The zero-order chi connectivity index (χ0) is 24.6. The van der Waals surface area contributed by atoms with Crippen LogP contribution in [-0.2, 0) is 19.6 Å². The van der Waals surface area contributed by atoms with Gasteiger partial charge < -0.3 is 4.74 Å². The van der Waals surface area contributed by atoms with E-state index in [4.69, 9.17) is 4.74 Å². The van der Waals surface area contributed by atoms with Crippen molar-refractivity contribution in [3.8, 4) is 0 Å². The first-order chi connectivity index (χ1) is 16.3. The van der Waals surface area contributed by atoms with Gasteiger partial charge in [-0.25, -0.2) is 13.2 Å². The van der Waals surface area contributed by atoms with Gasteiger partial charge in [0.05, 0.1) is 4.90 Å². The normalized spacial score (nSPS) is 15.0. The number of ether oxygens (including phenoxy) is 1. The van der Waals surface area contributed by atoms with Crippen molar-refractivity contribution in [1.82, 2.24) is 4.31 Å². The maximum Gasteiger partial charge on any atom is 0.331 e. The molecule has 0 spiro atoms. The van der Waals surface area contributed by atoms with Crippen molar-refractivity contribution in [2.24, 2.45) is 0 Å². The molecule has 2 aromatic rings. The quantitative estimate of drug-likeness (QED) is 0.263. The number of carbonyl (C=O) groups is 2. The maximum absolute atomic E-state index is 12.5. The second-order valence-corrected chi connectivity index (χ2v) is 10.4. The first kappa shape index (κ1) is 25.8. The molecule has 0 unspecified atom stereocenters. The van der Waals surface area contributed by atoms with Crippen LogP contribution < -0.4 is 0 Å². The summed E-state index contributed by atoms with van der Waals surface area (Å²) in [5, 5.41) is 0. The van der Waals surface area contributed by atoms with Crippen LogP contribution in [-0.4, -0.2) is 44.2 Å². The highest BCUT2D eigenvalue weighted by Gasteiger charge is 2.21. The molecule has 0 bridgehead atoms. The summed E-state index contributed by atoms with van der Waals surface area (Å²) in [5.74, 6) is -0.304. The van der Waals surface area contributed by atoms with Crippen LogP contribution in [0.4, 0.5) is 0 Å². The molecule has 0 heterocycles. The van der Waals surface area contributed by atoms with Crippen LogP contribution in [0.5, 0.6) is 0 Å². The number of sulfonamides is 1. The Kier molecular flexibility index (Phi) is 9.19. The Balaban J connectivity index is 1.51. The maximum atomic E-state index is 12.5. The minimum Gasteiger partial charge on any atom is -0.454 e. The van der Waals surface area contributed by atoms with Gasteiger partial charge in [0.1, 0.15) is 0 Å². The van der Waals surface area contributed by atoms with Gasteiger partial charge in [-0.3, -0.25) is 4.79 Å². The Labute approximate surface area is 202 Å². The Hall–Kier alpha value is -2.77. The van der Waals surface area contributed by atoms with E-state index in [1.165, 1.54) is 66.3 Å². The van der Waals surface area contributed by atoms with Crippen LogP contribution >= 0.6 is 0 Å². The van der Waals surface area contributed by atoms with Gasteiger partial charge in [0.25, 0.3) is 0 Å². The molecule has 0 N–H and O–H groups in total. The van der Waals surface area contributed by atoms with E-state index in [1.54, 1.807) is 26.0 Å². The van der Waals surface area contributed by atoms with E-state index < -0.39 is 16.0 Å². The molecule has 3 rings (SSSR count). The summed E-state index contributed by atoms with van der Waals surface area (Å²) in [6.45, 7) is 4.06. The van der Waals surface area contributed by atoms with E-state index in [0.717, 1.165) is 0 Å². The standard InChI is InChI=1S/C27H33NO5S/c1-3-28(4-2)34(31,32)25-17-10-21(11-18-25)12-19-27(30)33-20-26(29)24-15-13-23(14-16-24)22-8-6-5-7-9-22/h10-19,22H,3-9,20H2,1-2H3. The van der Waals surface area contributed by atoms with E-state index in [1.807, 2.05) is 24.3 Å². The minimum absolute atomic E-state index is 0.205. The summed E-state index contributed by atoms with van der Waals surface area (Å²) in [5.41, 5.74) is 2.45. The lowest BCUT2D eigenvalue weighted by Gasteiger charge is -2.22. The van der Waals surface area contributed by atoms with Crippen molar-refractivity contribution in [3.63, 3.8) is 0 Å². The van der Waals surface area contributed by atoms with Gasteiger partial charge in [-0.2, -0.15) is 4.31 Å². The largest absolute Gasteiger partial charge is 0.454 e. The monoisotopic (exact) mass is 483 g/mol. The van der Waals surface area contributed by atoms with E-state index in [9.17, 15) is 18.0 Å². The molecule has 0 radical (unpaired) electrons. The molecule has 0 saturated heterocycles. The highest BCUT2D eigenvalue weighted by atomic mass is 32.2. The number of benzene rings is 2. The average Bonchev–Trinajstić information content (AvgIpc) is 2.87. The third kappa shape index (κ3) is 6.64. The van der Waals surface area contributed by atoms with Crippen molar-refractivity contribution < 1.29 is 22.7 Å². The van der Waals surface area contributed by atoms with Gasteiger partial charge in [0.15, 0.2) is 12.4 Å². The van der Waals surface area contributed by atoms with Crippen LogP contribution in [0.15, 0.2) is 59.5 Å². The van der Waals surface area contributed by atoms with E-state index in [2.05, 4.69) is 0 Å². The van der Waals surface area contributed by atoms with Crippen LogP contribution in [0.2, 0.25) is 0 Å². The molecule has 2 aromatic carbocycles. The highest BCUT2D eigenvalue weighted by molar-refractivity contribution is 7.89. The molecular formula is C27H33NO5S. The summed E-state index contributed by atoms with van der Waals surface area (Å²) in [6.07, 6.45) is 8.98. The molecule has 0 aromatic heterocycles. The first-order valence-electron chi connectivity index (χ1n) is 11.9. The summed E-state index contributed by atoms with van der Waals surface area (Å²) in [7, 11) is -3.52. The summed E-state index contributed by atoms with van der Waals surface area (Å²) >= 11 is 0. The molecule has 7 heteroatoms. The predicted molar refractivity (Wildman–Crippen MR) is 133 cm³/mol. The SMILES string of the molecule is CCN(CC)S(=O)(=O)c1ccc(C=CC(=O)OCC(=O)c2ccc(C3CCCCC3)cc2)cc1. The Morgan fingerprint density at radius 1 is 0.941 bits per heavy atom. The number of rotatable bonds is 10. The summed E-state index contributed by atoms with van der Waals surface area (Å²) in [6, 6.07) is 13.9. The Bertz CT molecular complexity index is 1090. The van der Waals surface area contributed by atoms with Crippen molar-refractivity contribution in [2.75, 3.05) is 19.7 Å². The average molecular weight is 484 g/mol. The van der Waals surface area contributed by atoms with Crippen molar-refractivity contribution in [1.29, 1.82) is 0 Å². The molecule has 182 valence electrons. The molecule has 34 heavy (non-hydrogen) atoms. The predicted octanol–water partition coefficient (Wildman–Crippen LogP) is 5.20. The molecule has 1 aliphatic carbocycles. The fourth-order valence-electron chi connectivity index (χ4n) is 4.27. The fraction of sp³-hybridized carbons (Fsp3) is 0.407. The molecule has 6 nitrogen and oxygen atoms in total. The van der Waals surface area contributed by atoms with E-state index in [-0.39, 0.29) is 17.3 Å². The topological polar surface area (TPSA) is 80.8 Å². The summed E-state index contributed by atoms with van der Waals surface area (Å²) in [4.78, 5) is 24.6. The number of Topliss-reactive ketones (excluding diaryl/α,β-unsaturated/α-hetero) is 1. The molecule has 1 fully saturated rings. The molecule has 0 aliphatic heterocycles. The zero-order valence-electron chi connectivity index (χ0n) is 19.9. The molecule has 1 saturated carbocycles. The smallest absolute Gasteiger partial charge is 0.331 e. The number of nitrogens with zero attached hydrogens (tertiary/aromatic N) is 1. The second kappa shape index (κ2) is 12.1. The van der Waals surface area contributed by atoms with Gasteiger partial charge in [-0.1, -0.05) is 69.5 Å². The number of hydrogen-bond donors (Lipinski definition) is 0. The van der Waals surface area contributed by atoms with Gasteiger partial charge in [-0.05, 0) is 48.1 Å². The lowest BCUT2D eigenvalue weighted by atomic mass is 9.84. The third-order valence-corrected chi connectivity index (χ3v) is 8.35. The van der Waals surface area contributed by atoms with Gasteiger partial charge in [-0.15, -0.1) is 0 Å². The van der Waals surface area contributed by atoms with Gasteiger partial charge in [0, 0.05) is 24.7 Å². The van der Waals surface area contributed by atoms with E-state index >= 15 is 0 Å². The lowest BCUT2D eigenvalue weighted by molar-refractivity contribution is -0.136. The number of esters is 1. The minimum atomic E-state index is -3.52. The fourth-order valence-corrected chi connectivity index (χ4v) is 5.73. The molecule has 0 amide bonds. The van der Waals surface area contributed by atoms with Crippen molar-refractivity contribution >= 4 is 27.9 Å². The van der Waals surface area contributed by atoms with E-state index in [0.29, 0.717) is 30.1 Å². The lowest BCUT2D eigenvalue weighted by Crippen LogP contribution is -2.30. The Morgan fingerprint density at radius 2 is 1.56 bits per heavy atom. The zero-order valence-corrected chi connectivity index (χ0v) is 20.7. The van der Waals surface area contributed by atoms with Crippen LogP contribution in [0.25, 0.3) is 6.08 Å². The van der Waals surface area contributed by atoms with Gasteiger partial charge >= 0.3 is 5.97 Å². The molecule has 1 aliphatic rings. The number of hydrogen-bond acceptors (Lipinski definition) is 5. The molecule has 0 atom stereocenters. The van der Waals surface area contributed by atoms with Gasteiger partial charge in [0.2, 0.25) is 10.0 Å². The number of ketones is 1. The van der Waals surface area contributed by atoms with Crippen molar-refractivity contribution in [3.05, 3.63) is 71.3 Å². The van der Waals surface area contributed by atoms with Crippen molar-refractivity contribution in [2.45, 2.75) is 56.8 Å². The van der Waals surface area contributed by atoms with Crippen LogP contribution in [0.3, 0.4) is 0 Å². The third-order valence-electron chi connectivity index (χ3n) is 6.29. The second-order valence-electron chi connectivity index (χ2n) is 8.48. The molecular weight excluding hydrogens is 450 g/mol. The number of carbonyl (C=O) groups excluding carboxylic acids is 2. The summed E-state index contributed by atoms with van der Waals surface area (Å²) < 4.78 is 31.5.